The van der Waals surface area contributed by atoms with Crippen LogP contribution in [0.5, 0.6) is 0 Å². The van der Waals surface area contributed by atoms with Crippen LogP contribution in [0.4, 0.5) is 0 Å². The van der Waals surface area contributed by atoms with Crippen molar-refractivity contribution >= 4 is 0 Å². The highest BCUT2D eigenvalue weighted by atomic mass is 14.2. The maximum Gasteiger partial charge on any atom is -0.0169 e. The molecule has 0 amide bonds. The molecule has 0 unspecified atom stereocenters. The highest BCUT2D eigenvalue weighted by molar-refractivity contribution is 5.21. The van der Waals surface area contributed by atoms with Crippen molar-refractivity contribution in [2.75, 3.05) is 0 Å². The Bertz CT molecular complexity index is 161. The molecule has 1 aliphatic carbocycles. The first kappa shape index (κ1) is 7.59. The molecule has 0 saturated heterocycles. The van der Waals surface area contributed by atoms with Crippen LogP contribution >= 0.6 is 0 Å². The molecule has 0 aliphatic heterocycles. The van der Waals surface area contributed by atoms with Gasteiger partial charge in [-0.25, -0.2) is 0 Å². The summed E-state index contributed by atoms with van der Waals surface area (Å²) < 4.78 is 0. The summed E-state index contributed by atoms with van der Waals surface area (Å²) in [6, 6.07) is 0. The molecule has 56 valence electrons. The number of rotatable bonds is 1. The molecule has 1 aliphatic rings. The Balaban J connectivity index is 2.75. The molecule has 0 bridgehead atoms. The van der Waals surface area contributed by atoms with Crippen molar-refractivity contribution in [1.29, 1.82) is 0 Å². The molecule has 0 spiro atoms. The molecule has 0 heterocycles. The van der Waals surface area contributed by atoms with Crippen molar-refractivity contribution in [2.24, 2.45) is 5.41 Å². The molecule has 0 aromatic carbocycles. The molecule has 0 saturated carbocycles. The topological polar surface area (TPSA) is 0 Å². The van der Waals surface area contributed by atoms with Gasteiger partial charge >= 0.3 is 0 Å². The fraction of sp³-hybridized carbons (Fsp3) is 0.600. The van der Waals surface area contributed by atoms with Gasteiger partial charge in [-0.05, 0) is 24.7 Å². The minimum atomic E-state index is 0.418. The van der Waals surface area contributed by atoms with Gasteiger partial charge in [0.1, 0.15) is 0 Å². The van der Waals surface area contributed by atoms with Gasteiger partial charge in [0.25, 0.3) is 0 Å². The standard InChI is InChI=1S/C10H16/c1-4-9-6-5-7-10(2,3)8-9/h4,8H,1,5-7H2,2-3H3. The smallest absolute Gasteiger partial charge is 0.0169 e. The third-order valence-corrected chi connectivity index (χ3v) is 2.12. The average Bonchev–Trinajstić information content (AvgIpc) is 1.86. The second kappa shape index (κ2) is 2.61. The van der Waals surface area contributed by atoms with Gasteiger partial charge < -0.3 is 0 Å². The second-order valence-electron chi connectivity index (χ2n) is 3.77. The molecular formula is C10H16. The largest absolute Gasteiger partial charge is 0.0988 e. The number of hydrogen-bond acceptors (Lipinski definition) is 0. The molecule has 0 aromatic heterocycles. The summed E-state index contributed by atoms with van der Waals surface area (Å²) in [6.07, 6.45) is 8.21. The summed E-state index contributed by atoms with van der Waals surface area (Å²) in [6.45, 7) is 8.36. The predicted octanol–water partition coefficient (Wildman–Crippen LogP) is 3.31. The summed E-state index contributed by atoms with van der Waals surface area (Å²) in [7, 11) is 0. The van der Waals surface area contributed by atoms with Crippen LogP contribution in [0, 0.1) is 5.41 Å². The summed E-state index contributed by atoms with van der Waals surface area (Å²) in [5, 5.41) is 0. The van der Waals surface area contributed by atoms with Gasteiger partial charge in [-0.15, -0.1) is 0 Å². The Hall–Kier alpha value is -0.520. The van der Waals surface area contributed by atoms with Gasteiger partial charge in [-0.1, -0.05) is 38.2 Å². The van der Waals surface area contributed by atoms with E-state index in [1.807, 2.05) is 6.08 Å². The molecule has 1 rings (SSSR count). The zero-order valence-corrected chi connectivity index (χ0v) is 6.98. The van der Waals surface area contributed by atoms with E-state index in [0.717, 1.165) is 0 Å². The van der Waals surface area contributed by atoms with Crippen molar-refractivity contribution in [3.63, 3.8) is 0 Å². The zero-order chi connectivity index (χ0) is 7.61. The molecule has 0 aromatic rings. The molecule has 0 atom stereocenters. The van der Waals surface area contributed by atoms with Gasteiger partial charge in [0.05, 0.1) is 0 Å². The molecule has 0 heteroatoms. The van der Waals surface area contributed by atoms with Gasteiger partial charge in [-0.3, -0.25) is 0 Å². The van der Waals surface area contributed by atoms with Crippen molar-refractivity contribution in [2.45, 2.75) is 33.1 Å². The van der Waals surface area contributed by atoms with Crippen LogP contribution in [-0.4, -0.2) is 0 Å². The van der Waals surface area contributed by atoms with E-state index in [9.17, 15) is 0 Å². The SMILES string of the molecule is C=CC1=CC(C)(C)CCC1. The van der Waals surface area contributed by atoms with Gasteiger partial charge in [-0.2, -0.15) is 0 Å². The van der Waals surface area contributed by atoms with Crippen LogP contribution in [0.2, 0.25) is 0 Å². The Morgan fingerprint density at radius 2 is 2.30 bits per heavy atom. The summed E-state index contributed by atoms with van der Waals surface area (Å²) in [5.74, 6) is 0. The van der Waals surface area contributed by atoms with E-state index in [1.165, 1.54) is 24.8 Å². The Kier molecular flexibility index (Phi) is 1.98. The lowest BCUT2D eigenvalue weighted by Gasteiger charge is -2.26. The van der Waals surface area contributed by atoms with E-state index in [4.69, 9.17) is 0 Å². The van der Waals surface area contributed by atoms with E-state index in [1.54, 1.807) is 0 Å². The van der Waals surface area contributed by atoms with Crippen LogP contribution in [0.15, 0.2) is 24.3 Å². The average molecular weight is 136 g/mol. The Morgan fingerprint density at radius 1 is 1.60 bits per heavy atom. The van der Waals surface area contributed by atoms with E-state index < -0.39 is 0 Å². The third kappa shape index (κ3) is 1.73. The molecular weight excluding hydrogens is 120 g/mol. The minimum Gasteiger partial charge on any atom is -0.0988 e. The Labute approximate surface area is 63.6 Å². The summed E-state index contributed by atoms with van der Waals surface area (Å²) in [4.78, 5) is 0. The molecule has 0 nitrogen and oxygen atoms in total. The highest BCUT2D eigenvalue weighted by Gasteiger charge is 2.18. The van der Waals surface area contributed by atoms with Gasteiger partial charge in [0.2, 0.25) is 0 Å². The fourth-order valence-electron chi connectivity index (χ4n) is 1.56. The van der Waals surface area contributed by atoms with Crippen molar-refractivity contribution in [1.82, 2.24) is 0 Å². The van der Waals surface area contributed by atoms with E-state index >= 15 is 0 Å². The molecule has 10 heavy (non-hydrogen) atoms. The summed E-state index contributed by atoms with van der Waals surface area (Å²) >= 11 is 0. The molecule has 0 radical (unpaired) electrons. The van der Waals surface area contributed by atoms with Crippen LogP contribution in [0.3, 0.4) is 0 Å². The normalized spacial score (nSPS) is 23.6. The number of allylic oxidation sites excluding steroid dienone is 3. The van der Waals surface area contributed by atoms with Crippen LogP contribution < -0.4 is 0 Å². The Morgan fingerprint density at radius 3 is 2.70 bits per heavy atom. The van der Waals surface area contributed by atoms with Gasteiger partial charge in [0.15, 0.2) is 0 Å². The fourth-order valence-corrected chi connectivity index (χ4v) is 1.56. The molecule has 0 N–H and O–H groups in total. The van der Waals surface area contributed by atoms with E-state index in [2.05, 4.69) is 26.5 Å². The lowest BCUT2D eigenvalue weighted by molar-refractivity contribution is 0.400. The monoisotopic (exact) mass is 136 g/mol. The maximum atomic E-state index is 3.78. The lowest BCUT2D eigenvalue weighted by atomic mass is 9.80. The first-order valence-corrected chi connectivity index (χ1v) is 3.98. The van der Waals surface area contributed by atoms with Crippen LogP contribution in [0.25, 0.3) is 0 Å². The van der Waals surface area contributed by atoms with Crippen LogP contribution in [-0.2, 0) is 0 Å². The highest BCUT2D eigenvalue weighted by Crippen LogP contribution is 2.32. The van der Waals surface area contributed by atoms with Crippen molar-refractivity contribution in [3.05, 3.63) is 24.3 Å². The zero-order valence-electron chi connectivity index (χ0n) is 6.98. The van der Waals surface area contributed by atoms with Crippen LogP contribution in [0.1, 0.15) is 33.1 Å². The predicted molar refractivity (Wildman–Crippen MR) is 45.9 cm³/mol. The molecule has 0 fully saturated rings. The third-order valence-electron chi connectivity index (χ3n) is 2.12. The number of hydrogen-bond donors (Lipinski definition) is 0. The summed E-state index contributed by atoms with van der Waals surface area (Å²) in [5.41, 5.74) is 1.85. The van der Waals surface area contributed by atoms with E-state index in [0.29, 0.717) is 5.41 Å². The maximum absolute atomic E-state index is 3.78. The first-order chi connectivity index (χ1) is 4.64. The first-order valence-electron chi connectivity index (χ1n) is 3.98. The van der Waals surface area contributed by atoms with E-state index in [-0.39, 0.29) is 0 Å². The van der Waals surface area contributed by atoms with Gasteiger partial charge in [0, 0.05) is 0 Å². The second-order valence-corrected chi connectivity index (χ2v) is 3.77. The quantitative estimate of drug-likeness (QED) is 0.518. The lowest BCUT2D eigenvalue weighted by Crippen LogP contribution is -2.12. The van der Waals surface area contributed by atoms with Crippen molar-refractivity contribution < 1.29 is 0 Å². The minimum absolute atomic E-state index is 0.418. The van der Waals surface area contributed by atoms with Crippen molar-refractivity contribution in [3.8, 4) is 0 Å².